The maximum absolute atomic E-state index is 12.8. The zero-order valence-electron chi connectivity index (χ0n) is 12.8. The molecule has 1 N–H and O–H groups in total. The summed E-state index contributed by atoms with van der Waals surface area (Å²) in [5.41, 5.74) is -0.749. The van der Waals surface area contributed by atoms with Gasteiger partial charge in [0.15, 0.2) is 0 Å². The molecule has 114 valence electrons. The molecule has 2 aliphatic rings. The van der Waals surface area contributed by atoms with E-state index in [1.165, 1.54) is 0 Å². The van der Waals surface area contributed by atoms with E-state index >= 15 is 0 Å². The van der Waals surface area contributed by atoms with Gasteiger partial charge in [0.05, 0.1) is 5.41 Å². The third kappa shape index (κ3) is 2.45. The second kappa shape index (κ2) is 5.74. The standard InChI is InChI=1S/C16H27NO3/c1-3-15(7-5-6-8-15)13(18)17-11-9-16(4-2,10-12-17)14(19)20/h3-12H2,1-2H3,(H,19,20). The number of carboxylic acids is 1. The van der Waals surface area contributed by atoms with Crippen LogP contribution in [-0.4, -0.2) is 35.0 Å². The number of amides is 1. The van der Waals surface area contributed by atoms with Gasteiger partial charge in [-0.1, -0.05) is 26.7 Å². The Morgan fingerprint density at radius 2 is 1.45 bits per heavy atom. The highest BCUT2D eigenvalue weighted by atomic mass is 16.4. The highest BCUT2D eigenvalue weighted by molar-refractivity contribution is 5.83. The normalized spacial score (nSPS) is 24.6. The van der Waals surface area contributed by atoms with Crippen molar-refractivity contribution in [1.29, 1.82) is 0 Å². The largest absolute Gasteiger partial charge is 0.481 e. The molecule has 0 aromatic heterocycles. The van der Waals surface area contributed by atoms with Crippen LogP contribution in [0.25, 0.3) is 0 Å². The fourth-order valence-corrected chi connectivity index (χ4v) is 3.96. The van der Waals surface area contributed by atoms with Crippen molar-refractivity contribution in [1.82, 2.24) is 4.90 Å². The average Bonchev–Trinajstić information content (AvgIpc) is 2.96. The molecule has 0 spiro atoms. The lowest BCUT2D eigenvalue weighted by Crippen LogP contribution is -2.50. The average molecular weight is 281 g/mol. The van der Waals surface area contributed by atoms with Gasteiger partial charge in [0.1, 0.15) is 0 Å². The molecule has 4 heteroatoms. The molecule has 1 heterocycles. The van der Waals surface area contributed by atoms with Gasteiger partial charge in [-0.2, -0.15) is 0 Å². The predicted octanol–water partition coefficient (Wildman–Crippen LogP) is 3.06. The van der Waals surface area contributed by atoms with Gasteiger partial charge in [-0.15, -0.1) is 0 Å². The van der Waals surface area contributed by atoms with E-state index in [1.807, 2.05) is 11.8 Å². The van der Waals surface area contributed by atoms with Crippen molar-refractivity contribution in [2.45, 2.75) is 65.2 Å². The number of nitrogens with zero attached hydrogens (tertiary/aromatic N) is 1. The first-order valence-electron chi connectivity index (χ1n) is 8.02. The topological polar surface area (TPSA) is 57.6 Å². The summed E-state index contributed by atoms with van der Waals surface area (Å²) in [5, 5.41) is 9.42. The molecule has 0 bridgehead atoms. The van der Waals surface area contributed by atoms with Crippen LogP contribution in [0, 0.1) is 10.8 Å². The van der Waals surface area contributed by atoms with Gasteiger partial charge in [-0.25, -0.2) is 0 Å². The van der Waals surface area contributed by atoms with Gasteiger partial charge in [0.25, 0.3) is 0 Å². The van der Waals surface area contributed by atoms with Crippen LogP contribution in [0.15, 0.2) is 0 Å². The van der Waals surface area contributed by atoms with Crippen LogP contribution >= 0.6 is 0 Å². The molecule has 1 saturated heterocycles. The van der Waals surface area contributed by atoms with E-state index in [0.29, 0.717) is 32.4 Å². The van der Waals surface area contributed by atoms with E-state index in [9.17, 15) is 14.7 Å². The van der Waals surface area contributed by atoms with E-state index in [-0.39, 0.29) is 11.3 Å². The number of hydrogen-bond donors (Lipinski definition) is 1. The Morgan fingerprint density at radius 3 is 1.85 bits per heavy atom. The second-order valence-electron chi connectivity index (χ2n) is 6.57. The van der Waals surface area contributed by atoms with E-state index in [4.69, 9.17) is 0 Å². The van der Waals surface area contributed by atoms with Gasteiger partial charge in [-0.05, 0) is 38.5 Å². The smallest absolute Gasteiger partial charge is 0.309 e. The summed E-state index contributed by atoms with van der Waals surface area (Å²) in [7, 11) is 0. The fraction of sp³-hybridized carbons (Fsp3) is 0.875. The summed E-state index contributed by atoms with van der Waals surface area (Å²) in [6.45, 7) is 5.28. The molecule has 20 heavy (non-hydrogen) atoms. The third-order valence-corrected chi connectivity index (χ3v) is 5.83. The van der Waals surface area contributed by atoms with Crippen molar-refractivity contribution in [2.75, 3.05) is 13.1 Å². The Bertz CT molecular complexity index is 377. The minimum atomic E-state index is -0.696. The van der Waals surface area contributed by atoms with E-state index < -0.39 is 11.4 Å². The molecule has 1 aliphatic carbocycles. The van der Waals surface area contributed by atoms with Gasteiger partial charge in [-0.3, -0.25) is 9.59 Å². The molecule has 0 unspecified atom stereocenters. The number of carbonyl (C=O) groups is 2. The number of carbonyl (C=O) groups excluding carboxylic acids is 1. The maximum atomic E-state index is 12.8. The Morgan fingerprint density at radius 1 is 0.950 bits per heavy atom. The van der Waals surface area contributed by atoms with E-state index in [1.54, 1.807) is 0 Å². The zero-order valence-corrected chi connectivity index (χ0v) is 12.8. The quantitative estimate of drug-likeness (QED) is 0.861. The lowest BCUT2D eigenvalue weighted by Gasteiger charge is -2.41. The summed E-state index contributed by atoms with van der Waals surface area (Å²) in [6.07, 6.45) is 7.11. The van der Waals surface area contributed by atoms with Crippen molar-refractivity contribution in [3.05, 3.63) is 0 Å². The van der Waals surface area contributed by atoms with Crippen LogP contribution in [-0.2, 0) is 9.59 Å². The minimum Gasteiger partial charge on any atom is -0.481 e. The summed E-state index contributed by atoms with van der Waals surface area (Å²) in [6, 6.07) is 0. The molecule has 2 fully saturated rings. The number of likely N-dealkylation sites (tertiary alicyclic amines) is 1. The van der Waals surface area contributed by atoms with Crippen LogP contribution in [0.2, 0.25) is 0 Å². The van der Waals surface area contributed by atoms with Crippen molar-refractivity contribution in [2.24, 2.45) is 10.8 Å². The van der Waals surface area contributed by atoms with Gasteiger partial charge in [0, 0.05) is 18.5 Å². The number of rotatable bonds is 4. The third-order valence-electron chi connectivity index (χ3n) is 5.83. The summed E-state index contributed by atoms with van der Waals surface area (Å²) in [5.74, 6) is -0.411. The highest BCUT2D eigenvalue weighted by Gasteiger charge is 2.46. The molecular weight excluding hydrogens is 254 g/mol. The molecular formula is C16H27NO3. The van der Waals surface area contributed by atoms with Gasteiger partial charge >= 0.3 is 5.97 Å². The molecule has 0 atom stereocenters. The zero-order chi connectivity index (χ0) is 14.8. The predicted molar refractivity (Wildman–Crippen MR) is 77.4 cm³/mol. The number of hydrogen-bond acceptors (Lipinski definition) is 2. The summed E-state index contributed by atoms with van der Waals surface area (Å²) in [4.78, 5) is 26.2. The number of aliphatic carboxylic acids is 1. The summed E-state index contributed by atoms with van der Waals surface area (Å²) < 4.78 is 0. The minimum absolute atomic E-state index is 0.143. The van der Waals surface area contributed by atoms with Crippen molar-refractivity contribution in [3.8, 4) is 0 Å². The molecule has 0 radical (unpaired) electrons. The first kappa shape index (κ1) is 15.3. The molecule has 0 aromatic rings. The van der Waals surface area contributed by atoms with E-state index in [0.717, 1.165) is 32.1 Å². The Balaban J connectivity index is 2.03. The molecule has 1 aliphatic heterocycles. The monoisotopic (exact) mass is 281 g/mol. The van der Waals surface area contributed by atoms with Crippen LogP contribution in [0.5, 0.6) is 0 Å². The van der Waals surface area contributed by atoms with Crippen molar-refractivity contribution >= 4 is 11.9 Å². The van der Waals surface area contributed by atoms with Gasteiger partial charge in [0.2, 0.25) is 5.91 Å². The first-order chi connectivity index (χ1) is 9.49. The lowest BCUT2D eigenvalue weighted by molar-refractivity contribution is -0.157. The summed E-state index contributed by atoms with van der Waals surface area (Å²) >= 11 is 0. The second-order valence-corrected chi connectivity index (χ2v) is 6.57. The molecule has 4 nitrogen and oxygen atoms in total. The van der Waals surface area contributed by atoms with Gasteiger partial charge < -0.3 is 10.0 Å². The lowest BCUT2D eigenvalue weighted by atomic mass is 9.75. The number of piperidine rings is 1. The Hall–Kier alpha value is -1.06. The van der Waals surface area contributed by atoms with Crippen LogP contribution in [0.1, 0.15) is 65.2 Å². The van der Waals surface area contributed by atoms with Crippen LogP contribution < -0.4 is 0 Å². The Kier molecular flexibility index (Phi) is 4.40. The van der Waals surface area contributed by atoms with E-state index in [2.05, 4.69) is 6.92 Å². The maximum Gasteiger partial charge on any atom is 0.309 e. The highest BCUT2D eigenvalue weighted by Crippen LogP contribution is 2.44. The van der Waals surface area contributed by atoms with Crippen LogP contribution in [0.3, 0.4) is 0 Å². The van der Waals surface area contributed by atoms with Crippen molar-refractivity contribution in [3.63, 3.8) is 0 Å². The van der Waals surface area contributed by atoms with Crippen molar-refractivity contribution < 1.29 is 14.7 Å². The SMILES string of the molecule is CCC1(C(=O)O)CCN(C(=O)C2(CC)CCCC2)CC1. The molecule has 1 saturated carbocycles. The first-order valence-corrected chi connectivity index (χ1v) is 8.02. The molecule has 0 aromatic carbocycles. The molecule has 1 amide bonds. The fourth-order valence-electron chi connectivity index (χ4n) is 3.96. The number of carboxylic acid groups (broad SMARTS) is 1. The Labute approximate surface area is 121 Å². The molecule has 2 rings (SSSR count). The van der Waals surface area contributed by atoms with Crippen LogP contribution in [0.4, 0.5) is 0 Å².